The van der Waals surface area contributed by atoms with Crippen molar-refractivity contribution in [3.8, 4) is 0 Å². The van der Waals surface area contributed by atoms with E-state index in [0.717, 1.165) is 38.4 Å². The number of rotatable bonds is 7. The molecule has 1 aromatic heterocycles. The first kappa shape index (κ1) is 18.1. The first-order chi connectivity index (χ1) is 10.8. The zero-order valence-electron chi connectivity index (χ0n) is 14.4. The lowest BCUT2D eigenvalue weighted by Crippen LogP contribution is -2.43. The van der Waals surface area contributed by atoms with Gasteiger partial charge in [0.25, 0.3) is 0 Å². The van der Waals surface area contributed by atoms with E-state index in [4.69, 9.17) is 0 Å². The molecule has 0 aliphatic carbocycles. The highest BCUT2D eigenvalue weighted by Crippen LogP contribution is 2.21. The summed E-state index contributed by atoms with van der Waals surface area (Å²) in [4.78, 5) is 13.1. The topological polar surface area (TPSA) is 66.4 Å². The Morgan fingerprint density at radius 3 is 2.39 bits per heavy atom. The van der Waals surface area contributed by atoms with Crippen molar-refractivity contribution in [1.82, 2.24) is 14.9 Å². The van der Waals surface area contributed by atoms with Crippen molar-refractivity contribution in [2.24, 2.45) is 5.92 Å². The van der Waals surface area contributed by atoms with Gasteiger partial charge in [0.1, 0.15) is 9.84 Å². The molecule has 0 unspecified atom stereocenters. The van der Waals surface area contributed by atoms with Crippen molar-refractivity contribution < 1.29 is 8.42 Å². The fraction of sp³-hybridized carbons (Fsp3) is 0.750. The Kier molecular flexibility index (Phi) is 6.35. The second-order valence-electron chi connectivity index (χ2n) is 6.70. The second kappa shape index (κ2) is 8.06. The molecule has 0 saturated carbocycles. The van der Waals surface area contributed by atoms with Crippen LogP contribution in [-0.4, -0.2) is 67.5 Å². The molecule has 0 amide bonds. The van der Waals surface area contributed by atoms with Gasteiger partial charge in [-0.25, -0.2) is 18.4 Å². The Bertz CT molecular complexity index is 569. The molecule has 0 atom stereocenters. The summed E-state index contributed by atoms with van der Waals surface area (Å²) in [6.07, 6.45) is 7.06. The molecule has 6 nitrogen and oxygen atoms in total. The Labute approximate surface area is 139 Å². The van der Waals surface area contributed by atoms with E-state index in [0.29, 0.717) is 18.5 Å². The maximum Gasteiger partial charge on any atom is 0.225 e. The first-order valence-electron chi connectivity index (χ1n) is 8.29. The molecular formula is C16H28N4O2S. The van der Waals surface area contributed by atoms with E-state index in [9.17, 15) is 8.42 Å². The van der Waals surface area contributed by atoms with E-state index >= 15 is 0 Å². The summed E-state index contributed by atoms with van der Waals surface area (Å²) in [5, 5.41) is 0. The monoisotopic (exact) mass is 340 g/mol. The van der Waals surface area contributed by atoms with Gasteiger partial charge in [-0.15, -0.1) is 0 Å². The SMILES string of the molecule is CC(C)N(CCS(C)(=O)=O)CC1CCN(c2ncccn2)CC1. The molecule has 2 rings (SSSR count). The Morgan fingerprint density at radius 1 is 1.26 bits per heavy atom. The lowest BCUT2D eigenvalue weighted by atomic mass is 9.96. The van der Waals surface area contributed by atoms with Crippen LogP contribution in [0.4, 0.5) is 5.95 Å². The molecule has 1 aliphatic heterocycles. The van der Waals surface area contributed by atoms with Crippen LogP contribution in [0, 0.1) is 5.92 Å². The fourth-order valence-electron chi connectivity index (χ4n) is 2.95. The van der Waals surface area contributed by atoms with Crippen LogP contribution in [0.1, 0.15) is 26.7 Å². The van der Waals surface area contributed by atoms with Crippen molar-refractivity contribution in [2.75, 3.05) is 43.1 Å². The average molecular weight is 340 g/mol. The Balaban J connectivity index is 1.84. The molecule has 1 fully saturated rings. The number of piperidine rings is 1. The van der Waals surface area contributed by atoms with E-state index < -0.39 is 9.84 Å². The van der Waals surface area contributed by atoms with E-state index in [-0.39, 0.29) is 5.75 Å². The number of nitrogens with zero attached hydrogens (tertiary/aromatic N) is 4. The molecule has 1 aliphatic rings. The minimum atomic E-state index is -2.90. The number of anilines is 1. The highest BCUT2D eigenvalue weighted by atomic mass is 32.2. The smallest absolute Gasteiger partial charge is 0.225 e. The van der Waals surface area contributed by atoms with E-state index in [1.54, 1.807) is 12.4 Å². The summed E-state index contributed by atoms with van der Waals surface area (Å²) in [7, 11) is -2.90. The molecular weight excluding hydrogens is 312 g/mol. The second-order valence-corrected chi connectivity index (χ2v) is 8.96. The van der Waals surface area contributed by atoms with Gasteiger partial charge in [0.15, 0.2) is 0 Å². The van der Waals surface area contributed by atoms with Gasteiger partial charge in [0.05, 0.1) is 5.75 Å². The molecule has 1 aromatic rings. The maximum absolute atomic E-state index is 11.4. The van der Waals surface area contributed by atoms with Gasteiger partial charge in [-0.2, -0.15) is 0 Å². The van der Waals surface area contributed by atoms with Crippen molar-refractivity contribution in [1.29, 1.82) is 0 Å². The Morgan fingerprint density at radius 2 is 1.87 bits per heavy atom. The minimum Gasteiger partial charge on any atom is -0.341 e. The number of sulfone groups is 1. The van der Waals surface area contributed by atoms with Gasteiger partial charge in [0.2, 0.25) is 5.95 Å². The molecule has 0 spiro atoms. The van der Waals surface area contributed by atoms with Gasteiger partial charge in [0, 0.05) is 50.9 Å². The summed E-state index contributed by atoms with van der Waals surface area (Å²) in [5.41, 5.74) is 0. The van der Waals surface area contributed by atoms with Crippen LogP contribution in [0.15, 0.2) is 18.5 Å². The summed E-state index contributed by atoms with van der Waals surface area (Å²) in [6.45, 7) is 7.79. The van der Waals surface area contributed by atoms with Gasteiger partial charge >= 0.3 is 0 Å². The van der Waals surface area contributed by atoms with Crippen molar-refractivity contribution in [2.45, 2.75) is 32.7 Å². The van der Waals surface area contributed by atoms with E-state index in [2.05, 4.69) is 33.6 Å². The van der Waals surface area contributed by atoms with E-state index in [1.165, 1.54) is 6.26 Å². The van der Waals surface area contributed by atoms with Gasteiger partial charge in [-0.1, -0.05) is 0 Å². The van der Waals surface area contributed by atoms with Gasteiger partial charge in [-0.05, 0) is 38.7 Å². The van der Waals surface area contributed by atoms with Crippen LogP contribution in [0.5, 0.6) is 0 Å². The summed E-state index contributed by atoms with van der Waals surface area (Å²) in [5.74, 6) is 1.66. The molecule has 2 heterocycles. The standard InChI is InChI=1S/C16H28N4O2S/c1-14(2)20(11-12-23(3,21)22)13-15-5-9-19(10-6-15)16-17-7-4-8-18-16/h4,7-8,14-15H,5-6,9-13H2,1-3H3. The average Bonchev–Trinajstić information content (AvgIpc) is 2.51. The molecule has 7 heteroatoms. The highest BCUT2D eigenvalue weighted by molar-refractivity contribution is 7.90. The normalized spacial score (nSPS) is 17.2. The molecule has 23 heavy (non-hydrogen) atoms. The third kappa shape index (κ3) is 6.06. The number of aromatic nitrogens is 2. The molecule has 0 N–H and O–H groups in total. The largest absolute Gasteiger partial charge is 0.341 e. The number of hydrogen-bond acceptors (Lipinski definition) is 6. The van der Waals surface area contributed by atoms with Crippen LogP contribution >= 0.6 is 0 Å². The van der Waals surface area contributed by atoms with Gasteiger partial charge < -0.3 is 4.90 Å². The minimum absolute atomic E-state index is 0.238. The summed E-state index contributed by atoms with van der Waals surface area (Å²) in [6, 6.07) is 2.20. The lowest BCUT2D eigenvalue weighted by molar-refractivity contribution is 0.182. The maximum atomic E-state index is 11.4. The molecule has 0 radical (unpaired) electrons. The third-order valence-corrected chi connectivity index (χ3v) is 5.35. The summed E-state index contributed by atoms with van der Waals surface area (Å²) >= 11 is 0. The zero-order chi connectivity index (χ0) is 16.9. The molecule has 0 aromatic carbocycles. The molecule has 1 saturated heterocycles. The van der Waals surface area contributed by atoms with Crippen molar-refractivity contribution in [3.05, 3.63) is 18.5 Å². The van der Waals surface area contributed by atoms with Crippen LogP contribution in [0.2, 0.25) is 0 Å². The fourth-order valence-corrected chi connectivity index (χ4v) is 3.51. The molecule has 130 valence electrons. The predicted molar refractivity (Wildman–Crippen MR) is 93.4 cm³/mol. The van der Waals surface area contributed by atoms with Crippen molar-refractivity contribution >= 4 is 15.8 Å². The summed E-state index contributed by atoms with van der Waals surface area (Å²) < 4.78 is 22.8. The first-order valence-corrected chi connectivity index (χ1v) is 10.3. The highest BCUT2D eigenvalue weighted by Gasteiger charge is 2.24. The van der Waals surface area contributed by atoms with Crippen LogP contribution < -0.4 is 4.90 Å². The zero-order valence-corrected chi connectivity index (χ0v) is 15.2. The van der Waals surface area contributed by atoms with Gasteiger partial charge in [-0.3, -0.25) is 4.90 Å². The Hall–Kier alpha value is -1.21. The number of hydrogen-bond donors (Lipinski definition) is 0. The van der Waals surface area contributed by atoms with Crippen LogP contribution in [-0.2, 0) is 9.84 Å². The van der Waals surface area contributed by atoms with E-state index in [1.807, 2.05) is 6.07 Å². The third-order valence-electron chi connectivity index (χ3n) is 4.42. The predicted octanol–water partition coefficient (Wildman–Crippen LogP) is 1.45. The van der Waals surface area contributed by atoms with Crippen LogP contribution in [0.3, 0.4) is 0 Å². The van der Waals surface area contributed by atoms with Crippen LogP contribution in [0.25, 0.3) is 0 Å². The molecule has 0 bridgehead atoms. The van der Waals surface area contributed by atoms with Crippen molar-refractivity contribution in [3.63, 3.8) is 0 Å². The lowest BCUT2D eigenvalue weighted by Gasteiger charge is -2.36. The quantitative estimate of drug-likeness (QED) is 0.748.